The zero-order chi connectivity index (χ0) is 14.6. The van der Waals surface area contributed by atoms with Gasteiger partial charge in [-0.15, -0.1) is 0 Å². The van der Waals surface area contributed by atoms with E-state index in [1.54, 1.807) is 6.07 Å². The molecule has 1 aromatic carbocycles. The highest BCUT2D eigenvalue weighted by atomic mass is 19.4. The van der Waals surface area contributed by atoms with Crippen LogP contribution >= 0.6 is 0 Å². The van der Waals surface area contributed by atoms with Crippen molar-refractivity contribution in [2.24, 2.45) is 5.73 Å². The van der Waals surface area contributed by atoms with Gasteiger partial charge in [0, 0.05) is 0 Å². The first kappa shape index (κ1) is 15.2. The van der Waals surface area contributed by atoms with Gasteiger partial charge in [-0.3, -0.25) is 0 Å². The fraction of sp³-hybridized carbons (Fsp3) is 0.417. The summed E-state index contributed by atoms with van der Waals surface area (Å²) in [4.78, 5) is 0. The lowest BCUT2D eigenvalue weighted by Gasteiger charge is -2.26. The first-order chi connectivity index (χ1) is 8.79. The minimum atomic E-state index is -4.70. The summed E-state index contributed by atoms with van der Waals surface area (Å²) in [5, 5.41) is 8.53. The van der Waals surface area contributed by atoms with Gasteiger partial charge in [-0.05, 0) is 24.6 Å². The van der Waals surface area contributed by atoms with E-state index in [4.69, 9.17) is 11.0 Å². The zero-order valence-corrected chi connectivity index (χ0v) is 10.0. The highest BCUT2D eigenvalue weighted by Crippen LogP contribution is 2.29. The molecule has 0 heterocycles. The van der Waals surface area contributed by atoms with Gasteiger partial charge in [-0.25, -0.2) is 4.39 Å². The van der Waals surface area contributed by atoms with E-state index in [1.807, 2.05) is 0 Å². The Bertz CT molecular complexity index is 482. The fourth-order valence-electron chi connectivity index (χ4n) is 1.41. The van der Waals surface area contributed by atoms with Crippen LogP contribution in [0.15, 0.2) is 18.2 Å². The summed E-state index contributed by atoms with van der Waals surface area (Å²) in [6.45, 7) is 1.47. The Hall–Kier alpha value is -1.81. The topological polar surface area (TPSA) is 59.0 Å². The van der Waals surface area contributed by atoms with Crippen LogP contribution in [0.5, 0.6) is 5.75 Å². The Morgan fingerprint density at radius 2 is 2.05 bits per heavy atom. The smallest absolute Gasteiger partial charge is 0.426 e. The Kier molecular flexibility index (Phi) is 4.72. The van der Waals surface area contributed by atoms with Crippen molar-refractivity contribution in [3.05, 3.63) is 29.6 Å². The first-order valence-electron chi connectivity index (χ1n) is 5.48. The average Bonchev–Trinajstić information content (AvgIpc) is 2.34. The molecule has 104 valence electrons. The lowest BCUT2D eigenvalue weighted by molar-refractivity contribution is -0.201. The number of nitrogens with two attached hydrogens (primary N) is 1. The predicted octanol–water partition coefficient (Wildman–Crippen LogP) is 2.74. The third-order valence-corrected chi connectivity index (χ3v) is 2.50. The maximum Gasteiger partial charge on any atom is 0.426 e. The number of alkyl halides is 3. The fourth-order valence-corrected chi connectivity index (χ4v) is 1.41. The SMILES string of the molecule is CCC(N)C(Oc1ccc(C#N)cc1F)C(F)(F)F. The van der Waals surface area contributed by atoms with Crippen molar-refractivity contribution in [2.45, 2.75) is 31.7 Å². The number of halogens is 4. The van der Waals surface area contributed by atoms with E-state index in [-0.39, 0.29) is 12.0 Å². The Morgan fingerprint density at radius 1 is 1.42 bits per heavy atom. The van der Waals surface area contributed by atoms with Crippen molar-refractivity contribution in [2.75, 3.05) is 0 Å². The number of benzene rings is 1. The molecule has 0 aliphatic carbocycles. The summed E-state index contributed by atoms with van der Waals surface area (Å²) in [5.41, 5.74) is 5.33. The molecule has 2 atom stereocenters. The molecule has 1 aromatic rings. The van der Waals surface area contributed by atoms with Crippen molar-refractivity contribution in [1.29, 1.82) is 5.26 Å². The van der Waals surface area contributed by atoms with Crippen molar-refractivity contribution in [1.82, 2.24) is 0 Å². The monoisotopic (exact) mass is 276 g/mol. The highest BCUT2D eigenvalue weighted by Gasteiger charge is 2.45. The lowest BCUT2D eigenvalue weighted by Crippen LogP contribution is -2.48. The molecule has 0 aliphatic heterocycles. The first-order valence-corrected chi connectivity index (χ1v) is 5.48. The summed E-state index contributed by atoms with van der Waals surface area (Å²) in [6, 6.07) is 3.33. The molecule has 2 N–H and O–H groups in total. The molecule has 0 radical (unpaired) electrons. The second-order valence-corrected chi connectivity index (χ2v) is 3.91. The minimum Gasteiger partial charge on any atom is -0.476 e. The van der Waals surface area contributed by atoms with Crippen LogP contribution in [0.2, 0.25) is 0 Å². The third-order valence-electron chi connectivity index (χ3n) is 2.50. The van der Waals surface area contributed by atoms with Gasteiger partial charge in [0.05, 0.1) is 17.7 Å². The Balaban J connectivity index is 3.01. The molecule has 0 saturated heterocycles. The minimum absolute atomic E-state index is 0.00630. The summed E-state index contributed by atoms with van der Waals surface area (Å²) in [6.07, 6.45) is -6.96. The molecule has 2 unspecified atom stereocenters. The number of hydrogen-bond acceptors (Lipinski definition) is 3. The summed E-state index contributed by atoms with van der Waals surface area (Å²) < 4.78 is 56.3. The molecule has 0 saturated carbocycles. The summed E-state index contributed by atoms with van der Waals surface area (Å²) >= 11 is 0. The molecule has 0 aliphatic rings. The third kappa shape index (κ3) is 3.83. The van der Waals surface area contributed by atoms with Gasteiger partial charge < -0.3 is 10.5 Å². The Morgan fingerprint density at radius 3 is 2.47 bits per heavy atom. The molecule has 7 heteroatoms. The number of nitrogens with zero attached hydrogens (tertiary/aromatic N) is 1. The van der Waals surface area contributed by atoms with Gasteiger partial charge in [0.25, 0.3) is 0 Å². The average molecular weight is 276 g/mol. The molecule has 1 rings (SSSR count). The predicted molar refractivity (Wildman–Crippen MR) is 59.9 cm³/mol. The number of nitriles is 1. The van der Waals surface area contributed by atoms with Gasteiger partial charge in [0.2, 0.25) is 6.10 Å². The largest absolute Gasteiger partial charge is 0.476 e. The second-order valence-electron chi connectivity index (χ2n) is 3.91. The van der Waals surface area contributed by atoms with Crippen LogP contribution in [0.3, 0.4) is 0 Å². The van der Waals surface area contributed by atoms with Crippen LogP contribution in [-0.2, 0) is 0 Å². The van der Waals surface area contributed by atoms with Crippen molar-refractivity contribution >= 4 is 0 Å². The van der Waals surface area contributed by atoms with E-state index in [2.05, 4.69) is 4.74 Å². The normalized spacial score (nSPS) is 14.6. The quantitative estimate of drug-likeness (QED) is 0.860. The van der Waals surface area contributed by atoms with Crippen LogP contribution in [0, 0.1) is 17.1 Å². The van der Waals surface area contributed by atoms with Gasteiger partial charge >= 0.3 is 6.18 Å². The maximum atomic E-state index is 13.5. The second kappa shape index (κ2) is 5.89. The van der Waals surface area contributed by atoms with E-state index >= 15 is 0 Å². The van der Waals surface area contributed by atoms with Gasteiger partial charge in [0.1, 0.15) is 0 Å². The highest BCUT2D eigenvalue weighted by molar-refractivity contribution is 5.36. The number of ether oxygens (including phenoxy) is 1. The lowest BCUT2D eigenvalue weighted by atomic mass is 10.1. The van der Waals surface area contributed by atoms with Gasteiger partial charge in [-0.1, -0.05) is 6.92 Å². The summed E-state index contributed by atoms with van der Waals surface area (Å²) in [7, 11) is 0. The van der Waals surface area contributed by atoms with Crippen LogP contribution in [-0.4, -0.2) is 18.3 Å². The van der Waals surface area contributed by atoms with Crippen molar-refractivity contribution in [3.8, 4) is 11.8 Å². The molecule has 19 heavy (non-hydrogen) atoms. The zero-order valence-electron chi connectivity index (χ0n) is 10.0. The van der Waals surface area contributed by atoms with E-state index in [9.17, 15) is 17.6 Å². The molecule has 0 amide bonds. The van der Waals surface area contributed by atoms with Crippen LogP contribution in [0.4, 0.5) is 17.6 Å². The van der Waals surface area contributed by atoms with Crippen LogP contribution in [0.1, 0.15) is 18.9 Å². The van der Waals surface area contributed by atoms with Crippen LogP contribution < -0.4 is 10.5 Å². The molecular formula is C12H12F4N2O. The Labute approximate surface area is 107 Å². The molecule has 0 spiro atoms. The van der Waals surface area contributed by atoms with Crippen LogP contribution in [0.25, 0.3) is 0 Å². The standard InChI is InChI=1S/C12H12F4N2O/c1-2-9(18)11(12(14,15)16)19-10-4-3-7(6-17)5-8(10)13/h3-5,9,11H,2,18H2,1H3. The van der Waals surface area contributed by atoms with Gasteiger partial charge in [-0.2, -0.15) is 18.4 Å². The molecule has 0 fully saturated rings. The number of rotatable bonds is 4. The molecular weight excluding hydrogens is 264 g/mol. The van der Waals surface area contributed by atoms with Crippen molar-refractivity contribution in [3.63, 3.8) is 0 Å². The van der Waals surface area contributed by atoms with E-state index in [1.165, 1.54) is 13.0 Å². The molecule has 3 nitrogen and oxygen atoms in total. The summed E-state index contributed by atoms with van der Waals surface area (Å²) in [5.74, 6) is -1.61. The maximum absolute atomic E-state index is 13.5. The molecule has 0 bridgehead atoms. The van der Waals surface area contributed by atoms with Gasteiger partial charge in [0.15, 0.2) is 11.6 Å². The van der Waals surface area contributed by atoms with E-state index < -0.39 is 29.9 Å². The van der Waals surface area contributed by atoms with E-state index in [0.29, 0.717) is 0 Å². The van der Waals surface area contributed by atoms with E-state index in [0.717, 1.165) is 12.1 Å². The number of hydrogen-bond donors (Lipinski definition) is 1. The van der Waals surface area contributed by atoms with Crippen molar-refractivity contribution < 1.29 is 22.3 Å². The molecule has 0 aromatic heterocycles.